The third kappa shape index (κ3) is 5.89. The minimum absolute atomic E-state index is 0.0622. The van der Waals surface area contributed by atoms with Crippen LogP contribution in [0.3, 0.4) is 0 Å². The van der Waals surface area contributed by atoms with E-state index in [1.807, 2.05) is 26.0 Å². The van der Waals surface area contributed by atoms with Crippen molar-refractivity contribution in [2.75, 3.05) is 13.1 Å². The van der Waals surface area contributed by atoms with Crippen LogP contribution in [0, 0.1) is 5.92 Å². The molecule has 2 amide bonds. The number of Topliss-reactive ketones (excluding diaryl/α,β-unsaturated/α-hetero) is 1. The third-order valence-electron chi connectivity index (χ3n) is 6.36. The zero-order valence-corrected chi connectivity index (χ0v) is 22.1. The van der Waals surface area contributed by atoms with Gasteiger partial charge in [0.05, 0.1) is 6.54 Å². The molecule has 2 aromatic heterocycles. The molecule has 1 aliphatic rings. The van der Waals surface area contributed by atoms with Gasteiger partial charge >= 0.3 is 0 Å². The lowest BCUT2D eigenvalue weighted by Crippen LogP contribution is -2.56. The Morgan fingerprint density at radius 3 is 2.58 bits per heavy atom. The van der Waals surface area contributed by atoms with Gasteiger partial charge in [0.15, 0.2) is 10.8 Å². The van der Waals surface area contributed by atoms with Gasteiger partial charge in [-0.25, -0.2) is 9.29 Å². The number of rotatable bonds is 8. The van der Waals surface area contributed by atoms with E-state index >= 15 is 0 Å². The molecule has 0 spiro atoms. The largest absolute Gasteiger partial charge is 0.339 e. The number of nitrogens with one attached hydrogen (secondary N) is 2. The number of amides is 2. The van der Waals surface area contributed by atoms with Crippen LogP contribution in [-0.2, 0) is 19.6 Å². The van der Waals surface area contributed by atoms with Gasteiger partial charge in [0.2, 0.25) is 0 Å². The van der Waals surface area contributed by atoms with Gasteiger partial charge in [-0.05, 0) is 55.3 Å². The van der Waals surface area contributed by atoms with Crippen molar-refractivity contribution in [2.45, 2.75) is 50.2 Å². The minimum atomic E-state index is -4.51. The molecule has 200 valence electrons. The van der Waals surface area contributed by atoms with E-state index in [4.69, 9.17) is 0 Å². The molecule has 1 aliphatic heterocycles. The first kappa shape index (κ1) is 27.3. The molecule has 1 saturated heterocycles. The summed E-state index contributed by atoms with van der Waals surface area (Å²) in [7, 11) is -4.51. The number of carbonyl (C=O) groups is 3. The van der Waals surface area contributed by atoms with Gasteiger partial charge in [-0.2, -0.15) is 8.42 Å². The Kier molecular flexibility index (Phi) is 8.48. The van der Waals surface area contributed by atoms with Crippen LogP contribution in [-0.4, -0.2) is 65.5 Å². The molecule has 0 aliphatic carbocycles. The van der Waals surface area contributed by atoms with E-state index < -0.39 is 39.7 Å². The maximum Gasteiger partial charge on any atom is 0.284 e. The fourth-order valence-corrected chi connectivity index (χ4v) is 6.14. The zero-order chi connectivity index (χ0) is 27.3. The number of hydrogen-bond donors (Lipinski definition) is 2. The predicted octanol–water partition coefficient (Wildman–Crippen LogP) is 2.31. The third-order valence-corrected chi connectivity index (χ3v) is 8.08. The molecule has 0 bridgehead atoms. The maximum atomic E-state index is 14.1. The second kappa shape index (κ2) is 11.8. The van der Waals surface area contributed by atoms with E-state index in [1.165, 1.54) is 24.5 Å². The van der Waals surface area contributed by atoms with Crippen molar-refractivity contribution in [1.29, 1.82) is 0 Å². The Hall–Kier alpha value is -3.70. The van der Waals surface area contributed by atoms with E-state index in [-0.39, 0.29) is 36.0 Å². The van der Waals surface area contributed by atoms with Crippen LogP contribution >= 0.6 is 0 Å². The summed E-state index contributed by atoms with van der Waals surface area (Å²) in [5, 5.41) is 6.75. The summed E-state index contributed by atoms with van der Waals surface area (Å²) in [6.45, 7) is 4.18. The van der Waals surface area contributed by atoms with Gasteiger partial charge in [-0.3, -0.25) is 19.4 Å². The van der Waals surface area contributed by atoms with Crippen LogP contribution in [0.2, 0.25) is 0 Å². The average Bonchev–Trinajstić information content (AvgIpc) is 3.12. The van der Waals surface area contributed by atoms with Crippen molar-refractivity contribution in [2.24, 2.45) is 5.92 Å². The Morgan fingerprint density at radius 1 is 1.08 bits per heavy atom. The number of fused-ring (bicyclic) bond motifs is 1. The monoisotopic (exact) mass is 537 g/mol. The highest BCUT2D eigenvalue weighted by Crippen LogP contribution is 2.24. The number of ketones is 1. The van der Waals surface area contributed by atoms with Gasteiger partial charge in [-0.15, -0.1) is 0 Å². The average molecular weight is 538 g/mol. The highest BCUT2D eigenvalue weighted by molar-refractivity contribution is 7.89. The van der Waals surface area contributed by atoms with Crippen molar-refractivity contribution < 1.29 is 22.8 Å². The van der Waals surface area contributed by atoms with Crippen LogP contribution in [0.5, 0.6) is 0 Å². The maximum absolute atomic E-state index is 14.1. The van der Waals surface area contributed by atoms with E-state index in [2.05, 4.69) is 20.6 Å². The Balaban J connectivity index is 1.75. The van der Waals surface area contributed by atoms with E-state index in [0.717, 1.165) is 5.39 Å². The lowest BCUT2D eigenvalue weighted by molar-refractivity contribution is -0.135. The van der Waals surface area contributed by atoms with Gasteiger partial charge in [-0.1, -0.05) is 44.2 Å². The summed E-state index contributed by atoms with van der Waals surface area (Å²) in [6.07, 6.45) is 3.63. The molecule has 3 aromatic rings. The SMILES string of the molecule is CC(C)CC(NC(=O)c1nccc2ccccc12)C(=O)N([C@H]1CCCNCC1=O)S(=O)(=O)c1ccccn1. The molecule has 1 aromatic carbocycles. The Labute approximate surface area is 221 Å². The van der Waals surface area contributed by atoms with Gasteiger partial charge in [0.1, 0.15) is 17.8 Å². The van der Waals surface area contributed by atoms with Gasteiger partial charge in [0.25, 0.3) is 21.8 Å². The van der Waals surface area contributed by atoms with Crippen molar-refractivity contribution in [3.8, 4) is 0 Å². The molecule has 11 heteroatoms. The lowest BCUT2D eigenvalue weighted by Gasteiger charge is -2.32. The fourth-order valence-electron chi connectivity index (χ4n) is 4.57. The van der Waals surface area contributed by atoms with Crippen LogP contribution in [0.15, 0.2) is 66.0 Å². The standard InChI is InChI=1S/C27H31N5O5S/c1-18(2)16-21(31-26(34)25-20-9-4-3-8-19(20)12-15-30-25)27(35)32(22-10-7-13-28-17-23(22)33)38(36,37)24-11-5-6-14-29-24/h3-6,8-9,11-12,14-15,18,21-22,28H,7,10,13,16-17H2,1-2H3,(H,31,34)/t21?,22-/m0/s1. The van der Waals surface area contributed by atoms with E-state index in [0.29, 0.717) is 22.7 Å². The molecule has 2 N–H and O–H groups in total. The normalized spacial score (nSPS) is 17.1. The highest BCUT2D eigenvalue weighted by atomic mass is 32.2. The molecule has 4 rings (SSSR count). The number of aromatic nitrogens is 2. The number of pyridine rings is 2. The van der Waals surface area contributed by atoms with Crippen LogP contribution in [0.25, 0.3) is 10.8 Å². The predicted molar refractivity (Wildman–Crippen MR) is 142 cm³/mol. The quantitative estimate of drug-likeness (QED) is 0.446. The first-order chi connectivity index (χ1) is 18.2. The van der Waals surface area contributed by atoms with Crippen molar-refractivity contribution in [3.05, 3.63) is 66.6 Å². The minimum Gasteiger partial charge on any atom is -0.339 e. The molecule has 1 fully saturated rings. The number of carbonyl (C=O) groups excluding carboxylic acids is 3. The number of benzene rings is 1. The second-order valence-electron chi connectivity index (χ2n) is 9.64. The lowest BCUT2D eigenvalue weighted by atomic mass is 10.0. The molecule has 0 saturated carbocycles. The summed E-state index contributed by atoms with van der Waals surface area (Å²) >= 11 is 0. The highest BCUT2D eigenvalue weighted by Gasteiger charge is 2.43. The first-order valence-electron chi connectivity index (χ1n) is 12.6. The summed E-state index contributed by atoms with van der Waals surface area (Å²) < 4.78 is 28.2. The number of nitrogens with zero attached hydrogens (tertiary/aromatic N) is 3. The van der Waals surface area contributed by atoms with Gasteiger partial charge < -0.3 is 10.6 Å². The Bertz CT molecular complexity index is 1420. The molecule has 3 heterocycles. The fraction of sp³-hybridized carbons (Fsp3) is 0.370. The van der Waals surface area contributed by atoms with Crippen LogP contribution < -0.4 is 10.6 Å². The molecule has 10 nitrogen and oxygen atoms in total. The van der Waals surface area contributed by atoms with Gasteiger partial charge in [0, 0.05) is 17.8 Å². The summed E-state index contributed by atoms with van der Waals surface area (Å²) in [5.74, 6) is -1.97. The molecule has 0 radical (unpaired) electrons. The van der Waals surface area contributed by atoms with E-state index in [9.17, 15) is 22.8 Å². The first-order valence-corrected chi connectivity index (χ1v) is 14.0. The van der Waals surface area contributed by atoms with Crippen LogP contribution in [0.4, 0.5) is 0 Å². The molecular formula is C27H31N5O5S. The number of hydrogen-bond acceptors (Lipinski definition) is 8. The van der Waals surface area contributed by atoms with E-state index in [1.54, 1.807) is 24.3 Å². The Morgan fingerprint density at radius 2 is 1.84 bits per heavy atom. The topological polar surface area (TPSA) is 138 Å². The summed E-state index contributed by atoms with van der Waals surface area (Å²) in [4.78, 5) is 48.7. The molecular weight excluding hydrogens is 506 g/mol. The second-order valence-corrected chi connectivity index (χ2v) is 11.4. The molecule has 38 heavy (non-hydrogen) atoms. The smallest absolute Gasteiger partial charge is 0.284 e. The molecule has 1 unspecified atom stereocenters. The zero-order valence-electron chi connectivity index (χ0n) is 21.3. The number of sulfonamides is 1. The molecule has 2 atom stereocenters. The van der Waals surface area contributed by atoms with Crippen molar-refractivity contribution >= 4 is 38.4 Å². The van der Waals surface area contributed by atoms with Crippen molar-refractivity contribution in [3.63, 3.8) is 0 Å². The van der Waals surface area contributed by atoms with Crippen LogP contribution in [0.1, 0.15) is 43.6 Å². The van der Waals surface area contributed by atoms with Crippen molar-refractivity contribution in [1.82, 2.24) is 24.9 Å². The summed E-state index contributed by atoms with van der Waals surface area (Å²) in [5.41, 5.74) is 0.124. The summed E-state index contributed by atoms with van der Waals surface area (Å²) in [6, 6.07) is 10.9.